The van der Waals surface area contributed by atoms with E-state index in [2.05, 4.69) is 28.7 Å². The van der Waals surface area contributed by atoms with Crippen LogP contribution in [0.3, 0.4) is 0 Å². The first kappa shape index (κ1) is 24.8. The lowest BCUT2D eigenvalue weighted by atomic mass is 9.87. The van der Waals surface area contributed by atoms with Gasteiger partial charge in [0.05, 0.1) is 22.5 Å². The molecule has 0 atom stereocenters. The summed E-state index contributed by atoms with van der Waals surface area (Å²) in [5.74, 6) is 0.681. The molecule has 0 bridgehead atoms. The van der Waals surface area contributed by atoms with Crippen LogP contribution in [0.5, 0.6) is 0 Å². The van der Waals surface area contributed by atoms with E-state index in [0.29, 0.717) is 22.8 Å². The number of aromatic nitrogens is 4. The lowest BCUT2D eigenvalue weighted by molar-refractivity contribution is 0.296. The standard InChI is InChI=1S/C34H28FN5O/c1-23-11-4-6-13-27(23)38-22-20-36-33(38)31-26(18-17-25-24-12-5-9-16-30(24)41-32(25)31)34(2,3)40(35)29-15-8-7-14-28(29)39-21-10-19-37-39/h4-22H,1-3H3. The zero-order chi connectivity index (χ0) is 28.1. The number of para-hydroxylation sites is 4. The number of imidazole rings is 1. The summed E-state index contributed by atoms with van der Waals surface area (Å²) in [4.78, 5) is 4.84. The summed E-state index contributed by atoms with van der Waals surface area (Å²) in [6.45, 7) is 5.82. The van der Waals surface area contributed by atoms with E-state index in [4.69, 9.17) is 9.40 Å². The van der Waals surface area contributed by atoms with Crippen molar-refractivity contribution >= 4 is 27.6 Å². The number of furan rings is 1. The van der Waals surface area contributed by atoms with Crippen LogP contribution in [0.15, 0.2) is 120 Å². The Morgan fingerprint density at radius 1 is 0.780 bits per heavy atom. The smallest absolute Gasteiger partial charge is 0.148 e. The van der Waals surface area contributed by atoms with Crippen molar-refractivity contribution in [2.45, 2.75) is 26.3 Å². The molecule has 0 saturated heterocycles. The predicted octanol–water partition coefficient (Wildman–Crippen LogP) is 8.56. The van der Waals surface area contributed by atoms with Crippen LogP contribution in [0.1, 0.15) is 25.0 Å². The van der Waals surface area contributed by atoms with Crippen LogP contribution in [0.25, 0.3) is 44.7 Å². The Hall–Kier alpha value is -5.17. The van der Waals surface area contributed by atoms with E-state index in [-0.39, 0.29) is 0 Å². The highest BCUT2D eigenvalue weighted by atomic mass is 19.2. The third kappa shape index (κ3) is 3.92. The molecule has 0 radical (unpaired) electrons. The molecule has 0 N–H and O–H groups in total. The number of benzene rings is 4. The number of nitrogens with zero attached hydrogens (tertiary/aromatic N) is 5. The minimum absolute atomic E-state index is 0.402. The van der Waals surface area contributed by atoms with Gasteiger partial charge in [-0.15, -0.1) is 0 Å². The van der Waals surface area contributed by atoms with Crippen molar-refractivity contribution in [3.05, 3.63) is 127 Å². The topological polar surface area (TPSA) is 52.0 Å². The number of anilines is 1. The molecule has 7 heteroatoms. The molecule has 4 aromatic carbocycles. The van der Waals surface area contributed by atoms with Gasteiger partial charge < -0.3 is 4.42 Å². The van der Waals surface area contributed by atoms with E-state index in [1.54, 1.807) is 23.1 Å². The van der Waals surface area contributed by atoms with E-state index in [1.807, 2.05) is 99.0 Å². The van der Waals surface area contributed by atoms with Crippen molar-refractivity contribution in [2.75, 3.05) is 5.12 Å². The van der Waals surface area contributed by atoms with Gasteiger partial charge in [0.2, 0.25) is 0 Å². The minimum Gasteiger partial charge on any atom is -0.455 e. The van der Waals surface area contributed by atoms with Crippen LogP contribution in [-0.2, 0) is 5.54 Å². The van der Waals surface area contributed by atoms with E-state index >= 15 is 4.48 Å². The summed E-state index contributed by atoms with van der Waals surface area (Å²) in [7, 11) is 0. The van der Waals surface area contributed by atoms with Gasteiger partial charge in [0, 0.05) is 41.2 Å². The summed E-state index contributed by atoms with van der Waals surface area (Å²) < 4.78 is 27.1. The van der Waals surface area contributed by atoms with Crippen LogP contribution >= 0.6 is 0 Å². The van der Waals surface area contributed by atoms with Gasteiger partial charge in [-0.05, 0) is 62.2 Å². The van der Waals surface area contributed by atoms with Crippen molar-refractivity contribution in [2.24, 2.45) is 0 Å². The summed E-state index contributed by atoms with van der Waals surface area (Å²) >= 11 is 0. The molecule has 6 nitrogen and oxygen atoms in total. The molecule has 0 fully saturated rings. The van der Waals surface area contributed by atoms with Gasteiger partial charge in [-0.2, -0.15) is 10.2 Å². The van der Waals surface area contributed by atoms with Crippen LogP contribution in [-0.4, -0.2) is 19.3 Å². The van der Waals surface area contributed by atoms with E-state index < -0.39 is 5.54 Å². The fourth-order valence-corrected chi connectivity index (χ4v) is 5.68. The normalized spacial score (nSPS) is 11.9. The summed E-state index contributed by atoms with van der Waals surface area (Å²) in [5, 5.41) is 7.13. The van der Waals surface area contributed by atoms with Gasteiger partial charge >= 0.3 is 0 Å². The molecule has 0 aliphatic rings. The molecule has 0 amide bonds. The second kappa shape index (κ2) is 9.48. The number of hydrogen-bond donors (Lipinski definition) is 0. The zero-order valence-corrected chi connectivity index (χ0v) is 23.0. The molecule has 202 valence electrons. The second-order valence-corrected chi connectivity index (χ2v) is 10.6. The molecule has 3 aromatic heterocycles. The monoisotopic (exact) mass is 541 g/mol. The maximum Gasteiger partial charge on any atom is 0.148 e. The van der Waals surface area contributed by atoms with E-state index in [0.717, 1.165) is 43.9 Å². The lowest BCUT2D eigenvalue weighted by Gasteiger charge is -2.35. The van der Waals surface area contributed by atoms with Crippen molar-refractivity contribution in [3.63, 3.8) is 0 Å². The molecule has 0 aliphatic heterocycles. The minimum atomic E-state index is -1.13. The van der Waals surface area contributed by atoms with Gasteiger partial charge in [-0.1, -0.05) is 65.1 Å². The van der Waals surface area contributed by atoms with Crippen LogP contribution in [0.2, 0.25) is 0 Å². The largest absolute Gasteiger partial charge is 0.455 e. The first-order chi connectivity index (χ1) is 19.9. The molecule has 0 aliphatic carbocycles. The van der Waals surface area contributed by atoms with Gasteiger partial charge in [0.15, 0.2) is 0 Å². The van der Waals surface area contributed by atoms with Crippen molar-refractivity contribution in [3.8, 4) is 22.8 Å². The molecule has 7 rings (SSSR count). The lowest BCUT2D eigenvalue weighted by Crippen LogP contribution is -2.37. The molecule has 7 aromatic rings. The number of halogens is 1. The Bertz CT molecular complexity index is 2020. The fourth-order valence-electron chi connectivity index (χ4n) is 5.68. The number of rotatable bonds is 6. The van der Waals surface area contributed by atoms with Crippen LogP contribution in [0, 0.1) is 6.92 Å². The fraction of sp³-hybridized carbons (Fsp3) is 0.118. The summed E-state index contributed by atoms with van der Waals surface area (Å²) in [5.41, 5.74) is 4.94. The highest BCUT2D eigenvalue weighted by molar-refractivity contribution is 6.10. The van der Waals surface area contributed by atoms with Gasteiger partial charge in [-0.3, -0.25) is 4.57 Å². The van der Waals surface area contributed by atoms with Crippen LogP contribution in [0.4, 0.5) is 10.2 Å². The second-order valence-electron chi connectivity index (χ2n) is 10.6. The average Bonchev–Trinajstić information content (AvgIpc) is 3.77. The van der Waals surface area contributed by atoms with Gasteiger partial charge in [0.1, 0.15) is 17.0 Å². The molecule has 0 saturated carbocycles. The molecule has 0 spiro atoms. The Morgan fingerprint density at radius 3 is 2.34 bits per heavy atom. The molecular formula is C34H28FN5O. The first-order valence-electron chi connectivity index (χ1n) is 13.5. The highest BCUT2D eigenvalue weighted by Crippen LogP contribution is 2.45. The van der Waals surface area contributed by atoms with Gasteiger partial charge in [0.25, 0.3) is 0 Å². The van der Waals surface area contributed by atoms with Gasteiger partial charge in [-0.25, -0.2) is 9.67 Å². The number of aryl methyl sites for hydroxylation is 1. The Kier molecular flexibility index (Phi) is 5.75. The third-order valence-electron chi connectivity index (χ3n) is 7.78. The number of hydrogen-bond acceptors (Lipinski definition) is 4. The first-order valence-corrected chi connectivity index (χ1v) is 13.5. The summed E-state index contributed by atoms with van der Waals surface area (Å²) in [6, 6.07) is 29.3. The molecule has 3 heterocycles. The Balaban J connectivity index is 1.49. The van der Waals surface area contributed by atoms with Crippen molar-refractivity contribution < 1.29 is 8.90 Å². The van der Waals surface area contributed by atoms with Crippen molar-refractivity contribution in [1.82, 2.24) is 19.3 Å². The van der Waals surface area contributed by atoms with Crippen molar-refractivity contribution in [1.29, 1.82) is 0 Å². The average molecular weight is 542 g/mol. The predicted molar refractivity (Wildman–Crippen MR) is 161 cm³/mol. The Labute approximate surface area is 236 Å². The molecule has 41 heavy (non-hydrogen) atoms. The zero-order valence-electron chi connectivity index (χ0n) is 23.0. The quantitative estimate of drug-likeness (QED) is 0.198. The third-order valence-corrected chi connectivity index (χ3v) is 7.78. The molecular weight excluding hydrogens is 513 g/mol. The Morgan fingerprint density at radius 2 is 1.54 bits per heavy atom. The van der Waals surface area contributed by atoms with E-state index in [9.17, 15) is 0 Å². The van der Waals surface area contributed by atoms with Crippen LogP contribution < -0.4 is 5.12 Å². The highest BCUT2D eigenvalue weighted by Gasteiger charge is 2.36. The van der Waals surface area contributed by atoms with E-state index in [1.165, 1.54) is 0 Å². The molecule has 0 unspecified atom stereocenters. The maximum absolute atomic E-state index is 16.9. The summed E-state index contributed by atoms with van der Waals surface area (Å²) in [6.07, 6.45) is 7.21. The SMILES string of the molecule is Cc1ccccc1-n1ccnc1-c1c(C(C)(C)N(F)c2ccccc2-n2cccn2)ccc2c1oc1ccccc12. The maximum atomic E-state index is 16.9. The number of fused-ring (bicyclic) bond motifs is 3.